The van der Waals surface area contributed by atoms with E-state index in [9.17, 15) is 9.59 Å². The molecule has 2 aliphatic rings. The van der Waals surface area contributed by atoms with Crippen LogP contribution in [0.25, 0.3) is 6.08 Å². The molecule has 1 aromatic carbocycles. The third-order valence-electron chi connectivity index (χ3n) is 6.02. The van der Waals surface area contributed by atoms with Crippen LogP contribution in [0.4, 0.5) is 0 Å². The molecule has 0 saturated heterocycles. The molecule has 1 heterocycles. The number of hydrogen-bond donors (Lipinski definition) is 2. The number of rotatable bonds is 7. The molecule has 2 fully saturated rings. The number of carbonyl (C=O) groups excluding carboxylic acids is 2. The van der Waals surface area contributed by atoms with Gasteiger partial charge in [0.1, 0.15) is 5.70 Å². The molecular formula is C23H26N2O4S. The van der Waals surface area contributed by atoms with Crippen LogP contribution in [0.15, 0.2) is 41.4 Å². The molecule has 2 amide bonds. The van der Waals surface area contributed by atoms with Crippen LogP contribution in [0.1, 0.15) is 40.9 Å². The van der Waals surface area contributed by atoms with E-state index >= 15 is 0 Å². The highest BCUT2D eigenvalue weighted by Crippen LogP contribution is 2.44. The molecule has 2 N–H and O–H groups in total. The van der Waals surface area contributed by atoms with E-state index < -0.39 is 0 Å². The minimum atomic E-state index is -0.373. The van der Waals surface area contributed by atoms with E-state index in [2.05, 4.69) is 10.6 Å². The van der Waals surface area contributed by atoms with Gasteiger partial charge in [0.15, 0.2) is 11.5 Å². The zero-order valence-electron chi connectivity index (χ0n) is 17.1. The van der Waals surface area contributed by atoms with E-state index in [0.717, 1.165) is 17.2 Å². The minimum absolute atomic E-state index is 0.195. The van der Waals surface area contributed by atoms with Gasteiger partial charge in [0.05, 0.1) is 14.2 Å². The molecule has 1 aromatic heterocycles. The van der Waals surface area contributed by atoms with Crippen LogP contribution in [0.3, 0.4) is 0 Å². The number of ether oxygens (including phenoxy) is 2. The van der Waals surface area contributed by atoms with Crippen molar-refractivity contribution in [1.82, 2.24) is 10.6 Å². The molecule has 158 valence electrons. The average Bonchev–Trinajstić information content (AvgIpc) is 3.51. The molecule has 2 bridgehead atoms. The number of methoxy groups -OCH3 is 2. The maximum absolute atomic E-state index is 13.1. The van der Waals surface area contributed by atoms with Gasteiger partial charge in [-0.3, -0.25) is 9.59 Å². The van der Waals surface area contributed by atoms with Crippen molar-refractivity contribution >= 4 is 29.2 Å². The van der Waals surface area contributed by atoms with Gasteiger partial charge in [-0.15, -0.1) is 11.3 Å². The first kappa shape index (κ1) is 20.5. The van der Waals surface area contributed by atoms with Crippen LogP contribution in [0.5, 0.6) is 11.5 Å². The maximum Gasteiger partial charge on any atom is 0.268 e. The van der Waals surface area contributed by atoms with Crippen molar-refractivity contribution in [2.24, 2.45) is 11.8 Å². The number of fused-ring (bicyclic) bond motifs is 2. The normalized spacial score (nSPS) is 22.6. The maximum atomic E-state index is 13.1. The molecule has 6 nitrogen and oxygen atoms in total. The summed E-state index contributed by atoms with van der Waals surface area (Å²) < 4.78 is 10.5. The quantitative estimate of drug-likeness (QED) is 0.660. The monoisotopic (exact) mass is 426 g/mol. The second-order valence-corrected chi connectivity index (χ2v) is 8.83. The van der Waals surface area contributed by atoms with E-state index in [1.165, 1.54) is 37.7 Å². The largest absolute Gasteiger partial charge is 0.493 e. The predicted molar refractivity (Wildman–Crippen MR) is 117 cm³/mol. The Morgan fingerprint density at radius 3 is 2.57 bits per heavy atom. The molecule has 30 heavy (non-hydrogen) atoms. The summed E-state index contributed by atoms with van der Waals surface area (Å²) in [5.41, 5.74) is 0.637. The standard InChI is InChI=1S/C23H26N2O4S/c1-28-20-8-7-16(12-21(20)29-2)22(26)25-19(13-17-4-3-9-30-17)23(27)24-18-11-14-5-6-15(18)10-14/h3-4,7-9,12-15,18H,5-6,10-11H2,1-2H3,(H,24,27)(H,25,26)/b19-13-/t14-,15-,18-/m1/s1. The Kier molecular flexibility index (Phi) is 6.08. The smallest absolute Gasteiger partial charge is 0.268 e. The number of carbonyl (C=O) groups is 2. The van der Waals surface area contributed by atoms with E-state index in [-0.39, 0.29) is 23.6 Å². The average molecular weight is 427 g/mol. The third-order valence-corrected chi connectivity index (χ3v) is 6.84. The van der Waals surface area contributed by atoms with E-state index in [0.29, 0.717) is 23.0 Å². The van der Waals surface area contributed by atoms with Crippen LogP contribution < -0.4 is 20.1 Å². The number of thiophene rings is 1. The lowest BCUT2D eigenvalue weighted by Crippen LogP contribution is -2.42. The summed E-state index contributed by atoms with van der Waals surface area (Å²) >= 11 is 1.51. The Labute approximate surface area is 180 Å². The van der Waals surface area contributed by atoms with Crippen molar-refractivity contribution in [3.8, 4) is 11.5 Å². The summed E-state index contributed by atoms with van der Waals surface area (Å²) in [4.78, 5) is 26.9. The molecule has 4 rings (SSSR count). The zero-order valence-corrected chi connectivity index (χ0v) is 18.0. The molecule has 7 heteroatoms. The van der Waals surface area contributed by atoms with Gasteiger partial charge in [0.2, 0.25) is 0 Å². The summed E-state index contributed by atoms with van der Waals surface area (Å²) in [6.07, 6.45) is 6.41. The molecule has 0 spiro atoms. The van der Waals surface area contributed by atoms with Crippen LogP contribution in [0.2, 0.25) is 0 Å². The van der Waals surface area contributed by atoms with Crippen molar-refractivity contribution in [1.29, 1.82) is 0 Å². The fourth-order valence-corrected chi connectivity index (χ4v) is 5.17. The molecule has 0 aliphatic heterocycles. The van der Waals surface area contributed by atoms with Gasteiger partial charge >= 0.3 is 0 Å². The van der Waals surface area contributed by atoms with Crippen molar-refractivity contribution < 1.29 is 19.1 Å². The van der Waals surface area contributed by atoms with Gasteiger partial charge in [-0.1, -0.05) is 12.5 Å². The van der Waals surface area contributed by atoms with Crippen LogP contribution >= 0.6 is 11.3 Å². The second-order valence-electron chi connectivity index (χ2n) is 7.85. The number of amides is 2. The highest BCUT2D eigenvalue weighted by molar-refractivity contribution is 7.10. The summed E-state index contributed by atoms with van der Waals surface area (Å²) in [6, 6.07) is 8.95. The van der Waals surface area contributed by atoms with E-state index in [1.807, 2.05) is 17.5 Å². The highest BCUT2D eigenvalue weighted by Gasteiger charge is 2.40. The van der Waals surface area contributed by atoms with Crippen molar-refractivity contribution in [2.45, 2.75) is 31.7 Å². The van der Waals surface area contributed by atoms with Crippen molar-refractivity contribution in [2.75, 3.05) is 14.2 Å². The van der Waals surface area contributed by atoms with E-state index in [4.69, 9.17) is 9.47 Å². The topological polar surface area (TPSA) is 76.7 Å². The summed E-state index contributed by atoms with van der Waals surface area (Å²) in [7, 11) is 3.06. The predicted octanol–water partition coefficient (Wildman–Crippen LogP) is 3.84. The highest BCUT2D eigenvalue weighted by atomic mass is 32.1. The zero-order chi connectivity index (χ0) is 21.1. The molecular weight excluding hydrogens is 400 g/mol. The minimum Gasteiger partial charge on any atom is -0.493 e. The summed E-state index contributed by atoms with van der Waals surface area (Å²) in [5, 5.41) is 7.89. The summed E-state index contributed by atoms with van der Waals surface area (Å²) in [6.45, 7) is 0. The Morgan fingerprint density at radius 2 is 1.93 bits per heavy atom. The first-order valence-electron chi connectivity index (χ1n) is 10.2. The first-order chi connectivity index (χ1) is 14.6. The van der Waals surface area contributed by atoms with Crippen LogP contribution in [-0.4, -0.2) is 32.1 Å². The molecule has 2 aromatic rings. The number of nitrogens with one attached hydrogen (secondary N) is 2. The van der Waals surface area contributed by atoms with Gasteiger partial charge in [-0.2, -0.15) is 0 Å². The molecule has 0 radical (unpaired) electrons. The third kappa shape index (κ3) is 4.36. The Bertz CT molecular complexity index is 954. The van der Waals surface area contributed by atoms with Gasteiger partial charge in [-0.05, 0) is 66.8 Å². The van der Waals surface area contributed by atoms with E-state index in [1.54, 1.807) is 31.4 Å². The molecule has 2 aliphatic carbocycles. The van der Waals surface area contributed by atoms with Crippen LogP contribution in [-0.2, 0) is 4.79 Å². The van der Waals surface area contributed by atoms with Gasteiger partial charge in [-0.25, -0.2) is 0 Å². The fraction of sp³-hybridized carbons (Fsp3) is 0.391. The lowest BCUT2D eigenvalue weighted by molar-refractivity contribution is -0.118. The van der Waals surface area contributed by atoms with Gasteiger partial charge in [0, 0.05) is 16.5 Å². The lowest BCUT2D eigenvalue weighted by Gasteiger charge is -2.23. The Morgan fingerprint density at radius 1 is 1.10 bits per heavy atom. The first-order valence-corrected chi connectivity index (χ1v) is 11.0. The SMILES string of the molecule is COc1ccc(C(=O)N/C(=C\c2cccs2)C(=O)N[C@@H]2C[C@@H]3CC[C@@H]2C3)cc1OC. The second kappa shape index (κ2) is 8.92. The fourth-order valence-electron chi connectivity index (χ4n) is 4.51. The van der Waals surface area contributed by atoms with Crippen molar-refractivity contribution in [3.63, 3.8) is 0 Å². The number of benzene rings is 1. The van der Waals surface area contributed by atoms with Gasteiger partial charge < -0.3 is 20.1 Å². The molecule has 0 unspecified atom stereocenters. The lowest BCUT2D eigenvalue weighted by atomic mass is 9.95. The van der Waals surface area contributed by atoms with Crippen LogP contribution in [0, 0.1) is 11.8 Å². The number of hydrogen-bond acceptors (Lipinski definition) is 5. The van der Waals surface area contributed by atoms with Gasteiger partial charge in [0.25, 0.3) is 11.8 Å². The molecule has 3 atom stereocenters. The van der Waals surface area contributed by atoms with Crippen molar-refractivity contribution in [3.05, 3.63) is 51.8 Å². The Balaban J connectivity index is 1.53. The Hall–Kier alpha value is -2.80. The summed E-state index contributed by atoms with van der Waals surface area (Å²) in [5.74, 6) is 1.67. The molecule has 2 saturated carbocycles.